The van der Waals surface area contributed by atoms with E-state index >= 15 is 0 Å². The number of fused-ring (bicyclic) bond motifs is 2. The molecule has 0 N–H and O–H groups in total. The van der Waals surface area contributed by atoms with Gasteiger partial charge in [-0.05, 0) is 48.2 Å². The molecule has 7 heteroatoms. The van der Waals surface area contributed by atoms with E-state index in [9.17, 15) is 9.59 Å². The smallest absolute Gasteiger partial charge is 0.297 e. The number of benzene rings is 2. The van der Waals surface area contributed by atoms with Crippen molar-refractivity contribution in [3.8, 4) is 5.75 Å². The van der Waals surface area contributed by atoms with E-state index in [0.717, 1.165) is 29.7 Å². The Morgan fingerprint density at radius 3 is 2.62 bits per heavy atom. The normalized spacial score (nSPS) is 15.4. The summed E-state index contributed by atoms with van der Waals surface area (Å²) in [5.41, 5.74) is 2.44. The van der Waals surface area contributed by atoms with Gasteiger partial charge in [0.05, 0.1) is 23.6 Å². The molecule has 4 aromatic rings. The summed E-state index contributed by atoms with van der Waals surface area (Å²) in [5.74, 6) is 0.474. The highest BCUT2D eigenvalue weighted by molar-refractivity contribution is 7.13. The summed E-state index contributed by atoms with van der Waals surface area (Å²) in [6.45, 7) is 4.72. The van der Waals surface area contributed by atoms with Gasteiger partial charge >= 0.3 is 0 Å². The third-order valence-corrected chi connectivity index (χ3v) is 6.41. The topological polar surface area (TPSA) is 72.6 Å². The Labute approximate surface area is 189 Å². The zero-order valence-corrected chi connectivity index (χ0v) is 18.6. The minimum Gasteiger partial charge on any atom is -0.494 e. The molecule has 1 unspecified atom stereocenters. The first-order valence-corrected chi connectivity index (χ1v) is 11.6. The van der Waals surface area contributed by atoms with Crippen molar-refractivity contribution in [2.45, 2.75) is 32.7 Å². The quantitative estimate of drug-likeness (QED) is 0.399. The average Bonchev–Trinajstić information content (AvgIpc) is 3.45. The van der Waals surface area contributed by atoms with Crippen molar-refractivity contribution in [1.82, 2.24) is 4.98 Å². The first-order chi connectivity index (χ1) is 15.6. The summed E-state index contributed by atoms with van der Waals surface area (Å²) in [4.78, 5) is 33.0. The fourth-order valence-electron chi connectivity index (χ4n) is 4.05. The SMILES string of the molecule is CCCOc1ccc(C2c3c(oc4ccc(CC)cc4c3=O)C(=O)N2c2nccs2)cc1. The molecule has 2 aromatic carbocycles. The molecule has 0 fully saturated rings. The van der Waals surface area contributed by atoms with Crippen LogP contribution >= 0.6 is 11.3 Å². The third-order valence-electron chi connectivity index (χ3n) is 5.64. The molecule has 162 valence electrons. The first-order valence-electron chi connectivity index (χ1n) is 10.7. The lowest BCUT2D eigenvalue weighted by Gasteiger charge is -2.22. The number of hydrogen-bond donors (Lipinski definition) is 0. The fraction of sp³-hybridized carbons (Fsp3) is 0.240. The summed E-state index contributed by atoms with van der Waals surface area (Å²) >= 11 is 1.35. The first kappa shape index (κ1) is 20.5. The second-order valence-corrected chi connectivity index (χ2v) is 8.54. The van der Waals surface area contributed by atoms with Crippen LogP contribution in [0.1, 0.15) is 53.6 Å². The van der Waals surface area contributed by atoms with Crippen LogP contribution in [0.2, 0.25) is 0 Å². The van der Waals surface area contributed by atoms with Gasteiger partial charge in [0.1, 0.15) is 11.3 Å². The second-order valence-electron chi connectivity index (χ2n) is 7.67. The van der Waals surface area contributed by atoms with E-state index in [1.807, 2.05) is 48.7 Å². The Balaban J connectivity index is 1.71. The molecule has 1 amide bonds. The van der Waals surface area contributed by atoms with E-state index in [-0.39, 0.29) is 17.1 Å². The number of anilines is 1. The van der Waals surface area contributed by atoms with Crippen molar-refractivity contribution in [1.29, 1.82) is 0 Å². The molecular formula is C25H22N2O4S. The van der Waals surface area contributed by atoms with E-state index in [4.69, 9.17) is 9.15 Å². The van der Waals surface area contributed by atoms with Gasteiger partial charge in [-0.15, -0.1) is 11.3 Å². The van der Waals surface area contributed by atoms with Gasteiger partial charge in [0, 0.05) is 11.6 Å². The van der Waals surface area contributed by atoms with E-state index in [2.05, 4.69) is 11.9 Å². The van der Waals surface area contributed by atoms with Crippen LogP contribution in [0.15, 0.2) is 63.3 Å². The molecule has 0 saturated heterocycles. The molecule has 6 nitrogen and oxygen atoms in total. The van der Waals surface area contributed by atoms with Crippen LogP contribution in [-0.2, 0) is 6.42 Å². The number of carbonyl (C=O) groups excluding carboxylic acids is 1. The number of hydrogen-bond acceptors (Lipinski definition) is 6. The zero-order valence-electron chi connectivity index (χ0n) is 17.8. The standard InChI is InChI=1S/C25H22N2O4S/c1-3-12-30-17-8-6-16(7-9-17)21-20-22(28)18-14-15(4-2)5-10-19(18)31-23(20)24(29)27(21)25-26-11-13-32-25/h5-11,13-14,21H,3-4,12H2,1-2H3. The van der Waals surface area contributed by atoms with Crippen LogP contribution in [0.4, 0.5) is 5.13 Å². The van der Waals surface area contributed by atoms with Crippen molar-refractivity contribution in [3.63, 3.8) is 0 Å². The van der Waals surface area contributed by atoms with E-state index < -0.39 is 6.04 Å². The maximum Gasteiger partial charge on any atom is 0.297 e. The van der Waals surface area contributed by atoms with Crippen LogP contribution in [-0.4, -0.2) is 17.5 Å². The maximum absolute atomic E-state index is 13.7. The van der Waals surface area contributed by atoms with Gasteiger partial charge in [0.15, 0.2) is 10.6 Å². The second kappa shape index (κ2) is 8.24. The number of carbonyl (C=O) groups is 1. The molecule has 1 aliphatic rings. The highest BCUT2D eigenvalue weighted by Crippen LogP contribution is 2.42. The number of ether oxygens (including phenoxy) is 1. The van der Waals surface area contributed by atoms with Crippen molar-refractivity contribution >= 4 is 33.3 Å². The minimum absolute atomic E-state index is 0.0817. The molecule has 0 saturated carbocycles. The predicted octanol–water partition coefficient (Wildman–Crippen LogP) is 5.35. The Morgan fingerprint density at radius 1 is 1.12 bits per heavy atom. The lowest BCUT2D eigenvalue weighted by atomic mass is 9.98. The fourth-order valence-corrected chi connectivity index (χ4v) is 4.72. The molecule has 5 rings (SSSR count). The van der Waals surface area contributed by atoms with Crippen molar-refractivity contribution < 1.29 is 13.9 Å². The average molecular weight is 447 g/mol. The van der Waals surface area contributed by atoms with Gasteiger partial charge in [-0.2, -0.15) is 0 Å². The molecule has 0 spiro atoms. The Kier molecular flexibility index (Phi) is 5.27. The molecule has 3 heterocycles. The number of aromatic nitrogens is 1. The van der Waals surface area contributed by atoms with Gasteiger partial charge in [-0.3, -0.25) is 14.5 Å². The summed E-state index contributed by atoms with van der Waals surface area (Å²) in [6.07, 6.45) is 3.37. The van der Waals surface area contributed by atoms with Crippen LogP contribution < -0.4 is 15.1 Å². The van der Waals surface area contributed by atoms with E-state index in [1.54, 1.807) is 17.2 Å². The van der Waals surface area contributed by atoms with Gasteiger partial charge in [0.25, 0.3) is 5.91 Å². The van der Waals surface area contributed by atoms with Crippen molar-refractivity contribution in [3.05, 3.63) is 86.7 Å². The number of amides is 1. The van der Waals surface area contributed by atoms with E-state index in [1.165, 1.54) is 11.3 Å². The molecule has 2 aromatic heterocycles. The molecular weight excluding hydrogens is 424 g/mol. The molecule has 1 aliphatic heterocycles. The lowest BCUT2D eigenvalue weighted by Crippen LogP contribution is -2.29. The van der Waals surface area contributed by atoms with Crippen LogP contribution in [0.5, 0.6) is 5.75 Å². The highest BCUT2D eigenvalue weighted by Gasteiger charge is 2.44. The molecule has 0 aliphatic carbocycles. The largest absolute Gasteiger partial charge is 0.494 e. The Bertz CT molecular complexity index is 1340. The number of nitrogens with zero attached hydrogens (tertiary/aromatic N) is 2. The van der Waals surface area contributed by atoms with Crippen LogP contribution in [0.3, 0.4) is 0 Å². The zero-order chi connectivity index (χ0) is 22.2. The van der Waals surface area contributed by atoms with Gasteiger partial charge < -0.3 is 9.15 Å². The summed E-state index contributed by atoms with van der Waals surface area (Å²) in [6, 6.07) is 12.4. The molecule has 1 atom stereocenters. The highest BCUT2D eigenvalue weighted by atomic mass is 32.1. The molecule has 0 bridgehead atoms. The number of rotatable bonds is 6. The monoisotopic (exact) mass is 446 g/mol. The number of aryl methyl sites for hydroxylation is 1. The van der Waals surface area contributed by atoms with Crippen LogP contribution in [0.25, 0.3) is 11.0 Å². The summed E-state index contributed by atoms with van der Waals surface area (Å²) in [5, 5.41) is 2.82. The Hall–Kier alpha value is -3.45. The minimum atomic E-state index is -0.616. The molecule has 32 heavy (non-hydrogen) atoms. The predicted molar refractivity (Wildman–Crippen MR) is 125 cm³/mol. The van der Waals surface area contributed by atoms with Gasteiger partial charge in [0.2, 0.25) is 5.76 Å². The lowest BCUT2D eigenvalue weighted by molar-refractivity contribution is 0.0971. The van der Waals surface area contributed by atoms with Gasteiger partial charge in [-0.25, -0.2) is 4.98 Å². The summed E-state index contributed by atoms with van der Waals surface area (Å²) in [7, 11) is 0. The maximum atomic E-state index is 13.7. The molecule has 0 radical (unpaired) electrons. The van der Waals surface area contributed by atoms with Crippen molar-refractivity contribution in [2.75, 3.05) is 11.5 Å². The summed E-state index contributed by atoms with van der Waals surface area (Å²) < 4.78 is 11.7. The third kappa shape index (κ3) is 3.29. The van der Waals surface area contributed by atoms with Crippen LogP contribution in [0, 0.1) is 0 Å². The Morgan fingerprint density at radius 2 is 1.94 bits per heavy atom. The van der Waals surface area contributed by atoms with Gasteiger partial charge in [-0.1, -0.05) is 32.0 Å². The van der Waals surface area contributed by atoms with E-state index in [0.29, 0.717) is 28.3 Å². The van der Waals surface area contributed by atoms with Crippen molar-refractivity contribution in [2.24, 2.45) is 0 Å². The number of thiazole rings is 1.